The van der Waals surface area contributed by atoms with Crippen LogP contribution in [-0.2, 0) is 19.1 Å². The van der Waals surface area contributed by atoms with Crippen molar-refractivity contribution in [3.63, 3.8) is 0 Å². The van der Waals surface area contributed by atoms with E-state index in [9.17, 15) is 44.7 Å². The quantitative estimate of drug-likeness (QED) is 0.329. The Hall–Kier alpha value is -2.14. The van der Waals surface area contributed by atoms with Gasteiger partial charge >= 0.3 is 35.6 Å². The number of alkyl halides is 8. The van der Waals surface area contributed by atoms with Gasteiger partial charge < -0.3 is 9.47 Å². The molecule has 0 atom stereocenters. The Labute approximate surface area is 144 Å². The number of halogens is 8. The van der Waals surface area contributed by atoms with Crippen molar-refractivity contribution in [3.05, 3.63) is 25.3 Å². The molecule has 0 aromatic carbocycles. The fourth-order valence-electron chi connectivity index (χ4n) is 1.08. The summed E-state index contributed by atoms with van der Waals surface area (Å²) in [6.07, 6.45) is 0.519. The normalized spacial score (nSPS) is 12.2. The second kappa shape index (κ2) is 9.53. The third-order valence-corrected chi connectivity index (χ3v) is 2.44. The summed E-state index contributed by atoms with van der Waals surface area (Å²) in [4.78, 5) is 21.0. The zero-order chi connectivity index (χ0) is 19.4. The van der Waals surface area contributed by atoms with Crippen LogP contribution in [0, 0.1) is 0 Å². The van der Waals surface area contributed by atoms with E-state index in [1.807, 2.05) is 0 Å². The molecular formula is C14H18F8O4. The van der Waals surface area contributed by atoms with E-state index in [-0.39, 0.29) is 27.0 Å². The van der Waals surface area contributed by atoms with E-state index < -0.39 is 48.8 Å². The lowest BCUT2D eigenvalue weighted by Gasteiger charge is -2.36. The van der Waals surface area contributed by atoms with Gasteiger partial charge in [-0.25, -0.2) is 9.59 Å². The second-order valence-electron chi connectivity index (χ2n) is 4.18. The van der Waals surface area contributed by atoms with Crippen LogP contribution in [0.25, 0.3) is 0 Å². The van der Waals surface area contributed by atoms with Crippen molar-refractivity contribution >= 4 is 11.9 Å². The Morgan fingerprint density at radius 1 is 0.692 bits per heavy atom. The van der Waals surface area contributed by atoms with Crippen LogP contribution in [0.2, 0.25) is 0 Å². The van der Waals surface area contributed by atoms with Gasteiger partial charge in [0.15, 0.2) is 13.2 Å². The van der Waals surface area contributed by atoms with Gasteiger partial charge in [-0.05, 0) is 0 Å². The number of ether oxygens (including phenoxy) is 2. The molecule has 0 bridgehead atoms. The Morgan fingerprint density at radius 3 is 1.12 bits per heavy atom. The third kappa shape index (κ3) is 5.70. The molecule has 0 aliphatic carbocycles. The van der Waals surface area contributed by atoms with Gasteiger partial charge in [0.2, 0.25) is 0 Å². The maximum Gasteiger partial charge on any atom is 0.381 e. The topological polar surface area (TPSA) is 52.6 Å². The van der Waals surface area contributed by atoms with E-state index >= 15 is 0 Å². The molecule has 0 N–H and O–H groups in total. The van der Waals surface area contributed by atoms with Crippen molar-refractivity contribution in [1.29, 1.82) is 0 Å². The first-order valence-corrected chi connectivity index (χ1v) is 5.76. The van der Waals surface area contributed by atoms with Gasteiger partial charge in [-0.1, -0.05) is 28.0 Å². The molecule has 0 saturated heterocycles. The average Bonchev–Trinajstić information content (AvgIpc) is 2.49. The molecule has 0 aliphatic heterocycles. The molecule has 0 aromatic rings. The van der Waals surface area contributed by atoms with Crippen LogP contribution in [0.5, 0.6) is 0 Å². The van der Waals surface area contributed by atoms with Crippen LogP contribution in [0.3, 0.4) is 0 Å². The smallest absolute Gasteiger partial charge is 0.381 e. The number of carbonyl (C=O) groups is 2. The number of rotatable bonds is 9. The number of esters is 2. The molecule has 154 valence electrons. The van der Waals surface area contributed by atoms with Crippen molar-refractivity contribution in [2.75, 3.05) is 13.2 Å². The maximum atomic E-state index is 13.3. The highest BCUT2D eigenvalue weighted by Crippen LogP contribution is 2.52. The molecule has 0 unspecified atom stereocenters. The molecule has 0 fully saturated rings. The number of hydrogen-bond donors (Lipinski definition) is 0. The summed E-state index contributed by atoms with van der Waals surface area (Å²) in [5.74, 6) is -28.3. The van der Waals surface area contributed by atoms with Gasteiger partial charge in [0, 0.05) is 12.2 Å². The van der Waals surface area contributed by atoms with E-state index in [2.05, 4.69) is 22.6 Å². The molecule has 0 radical (unpaired) electrons. The van der Waals surface area contributed by atoms with Crippen molar-refractivity contribution in [2.45, 2.75) is 38.5 Å². The van der Waals surface area contributed by atoms with Crippen LogP contribution in [0.1, 0.15) is 14.9 Å². The minimum Gasteiger partial charge on any atom is -0.456 e. The molecule has 0 amide bonds. The summed E-state index contributed by atoms with van der Waals surface area (Å²) >= 11 is 0. The van der Waals surface area contributed by atoms with E-state index in [0.717, 1.165) is 0 Å². The Kier molecular flexibility index (Phi) is 10.5. The Bertz CT molecular complexity index is 471. The SMILES string of the molecule is C.C.C=CC(=O)OCC(F)(F)C(F)(F)C(F)(F)C(F)(F)COC(=O)C=C. The fraction of sp³-hybridized carbons (Fsp3) is 0.571. The number of carbonyl (C=O) groups excluding carboxylic acids is 2. The highest BCUT2D eigenvalue weighted by Gasteiger charge is 2.81. The maximum absolute atomic E-state index is 13.3. The van der Waals surface area contributed by atoms with E-state index in [1.54, 1.807) is 0 Å². The van der Waals surface area contributed by atoms with Crippen molar-refractivity contribution in [1.82, 2.24) is 0 Å². The second-order valence-corrected chi connectivity index (χ2v) is 4.18. The predicted octanol–water partition coefficient (Wildman–Crippen LogP) is 4.26. The highest BCUT2D eigenvalue weighted by atomic mass is 19.4. The average molecular weight is 402 g/mol. The molecule has 0 aliphatic rings. The van der Waals surface area contributed by atoms with Crippen LogP contribution < -0.4 is 0 Å². The van der Waals surface area contributed by atoms with Crippen molar-refractivity contribution < 1.29 is 54.2 Å². The monoisotopic (exact) mass is 402 g/mol. The lowest BCUT2D eigenvalue weighted by molar-refractivity contribution is -0.374. The van der Waals surface area contributed by atoms with Crippen LogP contribution in [0.15, 0.2) is 25.3 Å². The molecule has 12 heteroatoms. The summed E-state index contributed by atoms with van der Waals surface area (Å²) in [5.41, 5.74) is 0. The van der Waals surface area contributed by atoms with E-state index in [1.165, 1.54) is 0 Å². The van der Waals surface area contributed by atoms with Crippen molar-refractivity contribution in [3.8, 4) is 0 Å². The van der Waals surface area contributed by atoms with Gasteiger partial charge in [-0.2, -0.15) is 35.1 Å². The highest BCUT2D eigenvalue weighted by molar-refractivity contribution is 5.81. The summed E-state index contributed by atoms with van der Waals surface area (Å²) in [7, 11) is 0. The molecule has 26 heavy (non-hydrogen) atoms. The summed E-state index contributed by atoms with van der Waals surface area (Å²) in [5, 5.41) is 0. The van der Waals surface area contributed by atoms with Gasteiger partial charge in [0.1, 0.15) is 0 Å². The first kappa shape index (κ1) is 28.7. The van der Waals surface area contributed by atoms with Crippen LogP contribution >= 0.6 is 0 Å². The summed E-state index contributed by atoms with van der Waals surface area (Å²) in [6.45, 7) is 0.241. The van der Waals surface area contributed by atoms with Gasteiger partial charge in [0.05, 0.1) is 0 Å². The van der Waals surface area contributed by atoms with Gasteiger partial charge in [0.25, 0.3) is 0 Å². The standard InChI is InChI=1S/C12H10F8O4.2CH4/c1-3-7(21)23-5-9(13,14)11(17,18)12(19,20)10(15,16)6-24-8(22)4-2;;/h3-4H,1-2,5-6H2;2*1H4. The van der Waals surface area contributed by atoms with Crippen LogP contribution in [0.4, 0.5) is 35.1 Å². The van der Waals surface area contributed by atoms with E-state index in [4.69, 9.17) is 0 Å². The molecule has 0 spiro atoms. The summed E-state index contributed by atoms with van der Waals surface area (Å²) in [6, 6.07) is 0. The molecule has 4 nitrogen and oxygen atoms in total. The fourth-order valence-corrected chi connectivity index (χ4v) is 1.08. The van der Waals surface area contributed by atoms with Crippen molar-refractivity contribution in [2.24, 2.45) is 0 Å². The third-order valence-electron chi connectivity index (χ3n) is 2.44. The largest absolute Gasteiger partial charge is 0.456 e. The predicted molar refractivity (Wildman–Crippen MR) is 75.6 cm³/mol. The first-order valence-electron chi connectivity index (χ1n) is 5.76. The minimum atomic E-state index is -6.65. The molecule has 0 rings (SSSR count). The van der Waals surface area contributed by atoms with Gasteiger partial charge in [-0.15, -0.1) is 0 Å². The Balaban J connectivity index is -0.00000264. The molecule has 0 saturated carbocycles. The minimum absolute atomic E-state index is 0. The molecule has 0 heterocycles. The zero-order valence-electron chi connectivity index (χ0n) is 11.6. The molecular weight excluding hydrogens is 384 g/mol. The first-order chi connectivity index (χ1) is 10.7. The van der Waals surface area contributed by atoms with Gasteiger partial charge in [-0.3, -0.25) is 0 Å². The summed E-state index contributed by atoms with van der Waals surface area (Å²) < 4.78 is 113. The zero-order valence-corrected chi connectivity index (χ0v) is 11.6. The number of hydrogen-bond acceptors (Lipinski definition) is 4. The lowest BCUT2D eigenvalue weighted by Crippen LogP contribution is -2.64. The molecule has 0 aromatic heterocycles. The Morgan fingerprint density at radius 2 is 0.923 bits per heavy atom. The van der Waals surface area contributed by atoms with E-state index in [0.29, 0.717) is 0 Å². The van der Waals surface area contributed by atoms with Crippen LogP contribution in [-0.4, -0.2) is 48.8 Å². The lowest BCUT2D eigenvalue weighted by atomic mass is 9.99.